The van der Waals surface area contributed by atoms with Crippen molar-refractivity contribution in [1.82, 2.24) is 15.1 Å². The molecule has 0 spiro atoms. The quantitative estimate of drug-likeness (QED) is 0.745. The van der Waals surface area contributed by atoms with E-state index in [1.807, 2.05) is 0 Å². The van der Waals surface area contributed by atoms with Crippen LogP contribution in [0.3, 0.4) is 0 Å². The number of rotatable bonds is 6. The zero-order chi connectivity index (χ0) is 13.5. The van der Waals surface area contributed by atoms with Gasteiger partial charge in [-0.3, -0.25) is 0 Å². The molecule has 1 saturated carbocycles. The summed E-state index contributed by atoms with van der Waals surface area (Å²) in [6.07, 6.45) is 11.2. The Bertz CT molecular complexity index is 230. The third-order valence-electron chi connectivity index (χ3n) is 5.04. The fourth-order valence-electron chi connectivity index (χ4n) is 3.56. The molecule has 0 radical (unpaired) electrons. The first-order valence-corrected chi connectivity index (χ1v) is 8.38. The Labute approximate surface area is 119 Å². The van der Waals surface area contributed by atoms with Gasteiger partial charge in [0.25, 0.3) is 0 Å². The van der Waals surface area contributed by atoms with Crippen molar-refractivity contribution in [1.29, 1.82) is 0 Å². The number of likely N-dealkylation sites (tertiary alicyclic amines) is 1. The molecular weight excluding hydrogens is 234 g/mol. The van der Waals surface area contributed by atoms with Crippen molar-refractivity contribution in [3.63, 3.8) is 0 Å². The van der Waals surface area contributed by atoms with Crippen LogP contribution in [0.4, 0.5) is 0 Å². The lowest BCUT2D eigenvalue weighted by molar-refractivity contribution is 0.143. The van der Waals surface area contributed by atoms with E-state index in [1.165, 1.54) is 77.5 Å². The molecule has 1 heterocycles. The fourth-order valence-corrected chi connectivity index (χ4v) is 3.56. The standard InChI is InChI=1S/C16H33N3/c1-18-13-9-16(10-14-18)19(2)12-6-11-17-15-7-4-3-5-8-15/h15-17H,3-14H2,1-2H3. The molecule has 0 aromatic rings. The molecule has 1 saturated heterocycles. The highest BCUT2D eigenvalue weighted by atomic mass is 15.2. The van der Waals surface area contributed by atoms with Crippen LogP contribution in [0.15, 0.2) is 0 Å². The molecule has 0 amide bonds. The Morgan fingerprint density at radius 3 is 2.42 bits per heavy atom. The maximum Gasteiger partial charge on any atom is 0.0117 e. The highest BCUT2D eigenvalue weighted by Crippen LogP contribution is 2.17. The highest BCUT2D eigenvalue weighted by molar-refractivity contribution is 4.77. The molecule has 112 valence electrons. The summed E-state index contributed by atoms with van der Waals surface area (Å²) < 4.78 is 0. The first-order chi connectivity index (χ1) is 9.25. The van der Waals surface area contributed by atoms with Crippen molar-refractivity contribution >= 4 is 0 Å². The largest absolute Gasteiger partial charge is 0.314 e. The Kier molecular flexibility index (Phi) is 6.62. The van der Waals surface area contributed by atoms with Crippen LogP contribution in [0.5, 0.6) is 0 Å². The molecule has 1 aliphatic carbocycles. The van der Waals surface area contributed by atoms with Gasteiger partial charge < -0.3 is 15.1 Å². The van der Waals surface area contributed by atoms with E-state index in [-0.39, 0.29) is 0 Å². The minimum atomic E-state index is 0.822. The van der Waals surface area contributed by atoms with Crippen LogP contribution in [-0.4, -0.2) is 62.2 Å². The number of nitrogens with zero attached hydrogens (tertiary/aromatic N) is 2. The van der Waals surface area contributed by atoms with E-state index >= 15 is 0 Å². The summed E-state index contributed by atoms with van der Waals surface area (Å²) >= 11 is 0. The first kappa shape index (κ1) is 15.3. The van der Waals surface area contributed by atoms with Gasteiger partial charge in [0.05, 0.1) is 0 Å². The topological polar surface area (TPSA) is 18.5 Å². The monoisotopic (exact) mass is 267 g/mol. The molecule has 3 nitrogen and oxygen atoms in total. The second-order valence-corrected chi connectivity index (χ2v) is 6.66. The van der Waals surface area contributed by atoms with Crippen molar-refractivity contribution in [2.75, 3.05) is 40.3 Å². The first-order valence-electron chi connectivity index (χ1n) is 8.38. The molecule has 0 atom stereocenters. The van der Waals surface area contributed by atoms with Gasteiger partial charge in [-0.2, -0.15) is 0 Å². The molecule has 0 aromatic heterocycles. The molecule has 0 unspecified atom stereocenters. The summed E-state index contributed by atoms with van der Waals surface area (Å²) in [4.78, 5) is 5.05. The van der Waals surface area contributed by atoms with Gasteiger partial charge in [0.1, 0.15) is 0 Å². The maximum atomic E-state index is 3.75. The average molecular weight is 267 g/mol. The predicted octanol–water partition coefficient (Wildman–Crippen LogP) is 2.32. The SMILES string of the molecule is CN1CCC(N(C)CCCNC2CCCCC2)CC1. The molecule has 0 bridgehead atoms. The second-order valence-electron chi connectivity index (χ2n) is 6.66. The Hall–Kier alpha value is -0.120. The summed E-state index contributed by atoms with van der Waals surface area (Å²) in [5.74, 6) is 0. The smallest absolute Gasteiger partial charge is 0.0117 e. The van der Waals surface area contributed by atoms with Gasteiger partial charge in [-0.05, 0) is 72.4 Å². The van der Waals surface area contributed by atoms with Gasteiger partial charge in [-0.15, -0.1) is 0 Å². The van der Waals surface area contributed by atoms with Gasteiger partial charge in [0.15, 0.2) is 0 Å². The van der Waals surface area contributed by atoms with Crippen molar-refractivity contribution in [2.45, 2.75) is 63.5 Å². The van der Waals surface area contributed by atoms with Crippen molar-refractivity contribution < 1.29 is 0 Å². The van der Waals surface area contributed by atoms with E-state index < -0.39 is 0 Å². The normalized spacial score (nSPS) is 24.2. The van der Waals surface area contributed by atoms with Crippen molar-refractivity contribution in [3.05, 3.63) is 0 Å². The van der Waals surface area contributed by atoms with Crippen molar-refractivity contribution in [2.24, 2.45) is 0 Å². The van der Waals surface area contributed by atoms with E-state index in [4.69, 9.17) is 0 Å². The molecular formula is C16H33N3. The Morgan fingerprint density at radius 2 is 1.74 bits per heavy atom. The van der Waals surface area contributed by atoms with Crippen LogP contribution < -0.4 is 5.32 Å². The average Bonchev–Trinajstić information content (AvgIpc) is 2.45. The molecule has 19 heavy (non-hydrogen) atoms. The lowest BCUT2D eigenvalue weighted by Crippen LogP contribution is -2.42. The zero-order valence-electron chi connectivity index (χ0n) is 13.0. The summed E-state index contributed by atoms with van der Waals surface area (Å²) in [6, 6.07) is 1.65. The molecule has 2 fully saturated rings. The summed E-state index contributed by atoms with van der Waals surface area (Å²) in [6.45, 7) is 5.01. The third-order valence-corrected chi connectivity index (χ3v) is 5.04. The minimum Gasteiger partial charge on any atom is -0.314 e. The number of nitrogens with one attached hydrogen (secondary N) is 1. The number of piperidine rings is 1. The predicted molar refractivity (Wildman–Crippen MR) is 82.6 cm³/mol. The lowest BCUT2D eigenvalue weighted by Gasteiger charge is -2.35. The van der Waals surface area contributed by atoms with E-state index in [0.717, 1.165) is 12.1 Å². The molecule has 2 rings (SSSR count). The van der Waals surface area contributed by atoms with Crippen LogP contribution in [0.2, 0.25) is 0 Å². The van der Waals surface area contributed by atoms with Gasteiger partial charge in [0.2, 0.25) is 0 Å². The highest BCUT2D eigenvalue weighted by Gasteiger charge is 2.20. The number of hydrogen-bond acceptors (Lipinski definition) is 3. The van der Waals surface area contributed by atoms with E-state index in [0.29, 0.717) is 0 Å². The van der Waals surface area contributed by atoms with Crippen LogP contribution >= 0.6 is 0 Å². The Morgan fingerprint density at radius 1 is 1.05 bits per heavy atom. The molecule has 1 N–H and O–H groups in total. The fraction of sp³-hybridized carbons (Fsp3) is 1.00. The second kappa shape index (κ2) is 8.23. The maximum absolute atomic E-state index is 3.75. The van der Waals surface area contributed by atoms with Gasteiger partial charge in [0, 0.05) is 12.1 Å². The third kappa shape index (κ3) is 5.41. The van der Waals surface area contributed by atoms with E-state index in [9.17, 15) is 0 Å². The molecule has 1 aliphatic heterocycles. The lowest BCUT2D eigenvalue weighted by atomic mass is 9.95. The molecule has 0 aromatic carbocycles. The zero-order valence-corrected chi connectivity index (χ0v) is 13.0. The van der Waals surface area contributed by atoms with Crippen molar-refractivity contribution in [3.8, 4) is 0 Å². The van der Waals surface area contributed by atoms with Gasteiger partial charge in [-0.1, -0.05) is 19.3 Å². The summed E-state index contributed by atoms with van der Waals surface area (Å²) in [5.41, 5.74) is 0. The van der Waals surface area contributed by atoms with Gasteiger partial charge >= 0.3 is 0 Å². The Balaban J connectivity index is 1.52. The summed E-state index contributed by atoms with van der Waals surface area (Å²) in [5, 5.41) is 3.75. The van der Waals surface area contributed by atoms with Crippen LogP contribution in [0.1, 0.15) is 51.4 Å². The summed E-state index contributed by atoms with van der Waals surface area (Å²) in [7, 11) is 4.56. The van der Waals surface area contributed by atoms with E-state index in [1.54, 1.807) is 0 Å². The minimum absolute atomic E-state index is 0.822. The van der Waals surface area contributed by atoms with Gasteiger partial charge in [-0.25, -0.2) is 0 Å². The van der Waals surface area contributed by atoms with E-state index in [2.05, 4.69) is 29.2 Å². The number of hydrogen-bond donors (Lipinski definition) is 1. The van der Waals surface area contributed by atoms with Crippen LogP contribution in [0.25, 0.3) is 0 Å². The molecule has 2 aliphatic rings. The molecule has 3 heteroatoms. The van der Waals surface area contributed by atoms with Crippen LogP contribution in [0, 0.1) is 0 Å². The van der Waals surface area contributed by atoms with Crippen LogP contribution in [-0.2, 0) is 0 Å².